The molecule has 0 N–H and O–H groups in total. The van der Waals surface area contributed by atoms with E-state index < -0.39 is 0 Å². The molecule has 1 aliphatic rings. The molecule has 0 aliphatic carbocycles. The SMILES string of the molecule is CCC[C@H]1CN(c2cc(COC)ncn2)C[C@@H]1N(C)C.Cl.Cl. The average molecular weight is 351 g/mol. The van der Waals surface area contributed by atoms with E-state index in [0.717, 1.165) is 30.5 Å². The van der Waals surface area contributed by atoms with Gasteiger partial charge < -0.3 is 14.5 Å². The van der Waals surface area contributed by atoms with Crippen molar-refractivity contribution in [2.75, 3.05) is 39.2 Å². The quantitative estimate of drug-likeness (QED) is 0.788. The molecular formula is C15H28Cl2N4O. The van der Waals surface area contributed by atoms with Crippen LogP contribution in [-0.2, 0) is 11.3 Å². The second-order valence-electron chi connectivity index (χ2n) is 5.79. The Morgan fingerprint density at radius 2 is 2.00 bits per heavy atom. The molecule has 2 rings (SSSR count). The number of hydrogen-bond acceptors (Lipinski definition) is 5. The summed E-state index contributed by atoms with van der Waals surface area (Å²) in [6.07, 6.45) is 4.15. The number of aromatic nitrogens is 2. The van der Waals surface area contributed by atoms with Crippen LogP contribution >= 0.6 is 24.8 Å². The van der Waals surface area contributed by atoms with Crippen molar-refractivity contribution in [3.8, 4) is 0 Å². The lowest BCUT2D eigenvalue weighted by Crippen LogP contribution is -2.35. The second kappa shape index (κ2) is 10.2. The van der Waals surface area contributed by atoms with Crippen LogP contribution in [0, 0.1) is 5.92 Å². The van der Waals surface area contributed by atoms with E-state index in [4.69, 9.17) is 4.74 Å². The summed E-state index contributed by atoms with van der Waals surface area (Å²) in [6.45, 7) is 4.93. The van der Waals surface area contributed by atoms with Gasteiger partial charge in [0.05, 0.1) is 12.3 Å². The number of likely N-dealkylation sites (N-methyl/N-ethyl adjacent to an activating group) is 1. The fourth-order valence-corrected chi connectivity index (χ4v) is 3.07. The molecule has 0 spiro atoms. The zero-order valence-corrected chi connectivity index (χ0v) is 15.5. The molecule has 0 unspecified atom stereocenters. The first-order valence-electron chi connectivity index (χ1n) is 7.37. The van der Waals surface area contributed by atoms with Gasteiger partial charge in [0, 0.05) is 32.3 Å². The molecule has 5 nitrogen and oxygen atoms in total. The number of nitrogens with zero attached hydrogens (tertiary/aromatic N) is 4. The number of methoxy groups -OCH3 is 1. The van der Waals surface area contributed by atoms with Gasteiger partial charge in [-0.3, -0.25) is 0 Å². The zero-order valence-electron chi connectivity index (χ0n) is 13.9. The van der Waals surface area contributed by atoms with Gasteiger partial charge in [0.25, 0.3) is 0 Å². The fourth-order valence-electron chi connectivity index (χ4n) is 3.07. The fraction of sp³-hybridized carbons (Fsp3) is 0.733. The third kappa shape index (κ3) is 5.23. The first kappa shape index (κ1) is 21.4. The standard InChI is InChI=1S/C15H26N4O.2ClH/c1-5-6-12-8-19(9-14(12)18(2)3)15-7-13(10-20-4)16-11-17-15;;/h7,11-12,14H,5-6,8-10H2,1-4H3;2*1H/t12-,14-;;/m0../s1. The molecule has 2 atom stereocenters. The van der Waals surface area contributed by atoms with Gasteiger partial charge in [0.1, 0.15) is 12.1 Å². The minimum absolute atomic E-state index is 0. The summed E-state index contributed by atoms with van der Waals surface area (Å²) in [7, 11) is 6.04. The maximum Gasteiger partial charge on any atom is 0.132 e. The van der Waals surface area contributed by atoms with Gasteiger partial charge in [-0.25, -0.2) is 9.97 Å². The molecule has 22 heavy (non-hydrogen) atoms. The van der Waals surface area contributed by atoms with Gasteiger partial charge in [0.2, 0.25) is 0 Å². The number of rotatable bonds is 6. The maximum absolute atomic E-state index is 5.15. The number of hydrogen-bond donors (Lipinski definition) is 0. The van der Waals surface area contributed by atoms with E-state index in [2.05, 4.69) is 40.8 Å². The summed E-state index contributed by atoms with van der Waals surface area (Å²) < 4.78 is 5.15. The smallest absolute Gasteiger partial charge is 0.132 e. The largest absolute Gasteiger partial charge is 0.378 e. The third-order valence-electron chi connectivity index (χ3n) is 4.05. The van der Waals surface area contributed by atoms with Crippen molar-refractivity contribution in [1.29, 1.82) is 0 Å². The highest BCUT2D eigenvalue weighted by Crippen LogP contribution is 2.28. The van der Waals surface area contributed by atoms with Gasteiger partial charge >= 0.3 is 0 Å². The normalized spacial score (nSPS) is 20.7. The molecule has 1 aliphatic heterocycles. The molecule has 128 valence electrons. The number of anilines is 1. The van der Waals surface area contributed by atoms with E-state index in [1.54, 1.807) is 13.4 Å². The molecule has 1 aromatic heterocycles. The van der Waals surface area contributed by atoms with E-state index in [0.29, 0.717) is 12.6 Å². The van der Waals surface area contributed by atoms with Crippen LogP contribution in [0.3, 0.4) is 0 Å². The maximum atomic E-state index is 5.15. The lowest BCUT2D eigenvalue weighted by molar-refractivity contribution is 0.181. The van der Waals surface area contributed by atoms with E-state index in [1.807, 2.05) is 6.07 Å². The van der Waals surface area contributed by atoms with Crippen molar-refractivity contribution >= 4 is 30.6 Å². The van der Waals surface area contributed by atoms with E-state index in [1.165, 1.54) is 12.8 Å². The molecule has 0 aromatic carbocycles. The van der Waals surface area contributed by atoms with Crippen LogP contribution in [0.5, 0.6) is 0 Å². The summed E-state index contributed by atoms with van der Waals surface area (Å²) in [5.41, 5.74) is 0.942. The molecule has 2 heterocycles. The Morgan fingerprint density at radius 3 is 2.59 bits per heavy atom. The minimum atomic E-state index is 0. The number of ether oxygens (including phenoxy) is 1. The Hall–Kier alpha value is -0.620. The van der Waals surface area contributed by atoms with Gasteiger partial charge in [0.15, 0.2) is 0 Å². The van der Waals surface area contributed by atoms with Gasteiger partial charge in [-0.2, -0.15) is 0 Å². The Balaban J connectivity index is 0.00000220. The van der Waals surface area contributed by atoms with Crippen LogP contribution in [0.4, 0.5) is 5.82 Å². The van der Waals surface area contributed by atoms with Gasteiger partial charge in [-0.05, 0) is 26.4 Å². The Kier molecular flexibility index (Phi) is 9.92. The predicted octanol–water partition coefficient (Wildman–Crippen LogP) is 2.63. The molecule has 0 bridgehead atoms. The molecule has 7 heteroatoms. The van der Waals surface area contributed by atoms with E-state index >= 15 is 0 Å². The van der Waals surface area contributed by atoms with E-state index in [9.17, 15) is 0 Å². The molecular weight excluding hydrogens is 323 g/mol. The van der Waals surface area contributed by atoms with Gasteiger partial charge in [-0.1, -0.05) is 13.3 Å². The van der Waals surface area contributed by atoms with Crippen molar-refractivity contribution in [2.45, 2.75) is 32.4 Å². The van der Waals surface area contributed by atoms with Crippen molar-refractivity contribution in [3.63, 3.8) is 0 Å². The zero-order chi connectivity index (χ0) is 14.5. The monoisotopic (exact) mass is 350 g/mol. The summed E-state index contributed by atoms with van der Waals surface area (Å²) in [5, 5.41) is 0. The van der Waals surface area contributed by atoms with Crippen molar-refractivity contribution in [3.05, 3.63) is 18.1 Å². The summed E-state index contributed by atoms with van der Waals surface area (Å²) >= 11 is 0. The highest BCUT2D eigenvalue weighted by Gasteiger charge is 2.34. The minimum Gasteiger partial charge on any atom is -0.378 e. The Bertz CT molecular complexity index is 434. The summed E-state index contributed by atoms with van der Waals surface area (Å²) in [4.78, 5) is 13.4. The molecule has 1 fully saturated rings. The summed E-state index contributed by atoms with van der Waals surface area (Å²) in [5.74, 6) is 1.74. The second-order valence-corrected chi connectivity index (χ2v) is 5.79. The highest BCUT2D eigenvalue weighted by molar-refractivity contribution is 5.85. The van der Waals surface area contributed by atoms with Crippen molar-refractivity contribution < 1.29 is 4.74 Å². The van der Waals surface area contributed by atoms with Crippen LogP contribution in [0.25, 0.3) is 0 Å². The van der Waals surface area contributed by atoms with E-state index in [-0.39, 0.29) is 24.8 Å². The molecule has 1 aromatic rings. The third-order valence-corrected chi connectivity index (χ3v) is 4.05. The molecule has 0 saturated carbocycles. The lowest BCUT2D eigenvalue weighted by Gasteiger charge is -2.24. The first-order chi connectivity index (χ1) is 9.65. The lowest BCUT2D eigenvalue weighted by atomic mass is 9.98. The molecule has 0 amide bonds. The number of halogens is 2. The molecule has 1 saturated heterocycles. The Labute approximate surface area is 146 Å². The van der Waals surface area contributed by atoms with Crippen molar-refractivity contribution in [1.82, 2.24) is 14.9 Å². The predicted molar refractivity (Wildman–Crippen MR) is 95.3 cm³/mol. The first-order valence-corrected chi connectivity index (χ1v) is 7.37. The molecule has 0 radical (unpaired) electrons. The Morgan fingerprint density at radius 1 is 1.27 bits per heavy atom. The highest BCUT2D eigenvalue weighted by atomic mass is 35.5. The van der Waals surface area contributed by atoms with Crippen LogP contribution in [-0.4, -0.2) is 55.2 Å². The van der Waals surface area contributed by atoms with Crippen LogP contribution < -0.4 is 4.90 Å². The van der Waals surface area contributed by atoms with Crippen LogP contribution in [0.2, 0.25) is 0 Å². The van der Waals surface area contributed by atoms with Crippen molar-refractivity contribution in [2.24, 2.45) is 5.92 Å². The van der Waals surface area contributed by atoms with Crippen LogP contribution in [0.15, 0.2) is 12.4 Å². The average Bonchev–Trinajstić information content (AvgIpc) is 2.84. The van der Waals surface area contributed by atoms with Gasteiger partial charge in [-0.15, -0.1) is 24.8 Å². The summed E-state index contributed by atoms with van der Waals surface area (Å²) in [6, 6.07) is 2.65. The topological polar surface area (TPSA) is 41.5 Å². The van der Waals surface area contributed by atoms with Crippen LogP contribution in [0.1, 0.15) is 25.5 Å².